The van der Waals surface area contributed by atoms with Crippen LogP contribution in [0.4, 0.5) is 4.79 Å². The molecule has 1 aliphatic carbocycles. The molecule has 0 bridgehead atoms. The van der Waals surface area contributed by atoms with E-state index in [1.165, 1.54) is 10.5 Å². The number of nitrogens with zero attached hydrogens (tertiary/aromatic N) is 1. The average Bonchev–Trinajstić information content (AvgIpc) is 2.84. The Balaban J connectivity index is 1.73. The second kappa shape index (κ2) is 5.85. The van der Waals surface area contributed by atoms with E-state index in [1.54, 1.807) is 0 Å². The molecule has 2 aliphatic rings. The van der Waals surface area contributed by atoms with Crippen molar-refractivity contribution < 1.29 is 14.7 Å². The van der Waals surface area contributed by atoms with Gasteiger partial charge in [0.25, 0.3) is 0 Å². The van der Waals surface area contributed by atoms with Crippen LogP contribution in [0, 0.1) is 0 Å². The van der Waals surface area contributed by atoms with Gasteiger partial charge in [-0.1, -0.05) is 30.3 Å². The monoisotopic (exact) mass is 317 g/mol. The maximum atomic E-state index is 12.0. The van der Waals surface area contributed by atoms with E-state index in [0.29, 0.717) is 6.54 Å². The highest BCUT2D eigenvalue weighted by atomic mass is 16.4. The first kappa shape index (κ1) is 15.8. The molecular weight excluding hydrogens is 294 g/mol. The zero-order valence-corrected chi connectivity index (χ0v) is 13.3. The molecule has 0 unspecified atom stereocenters. The molecule has 0 atom stereocenters. The summed E-state index contributed by atoms with van der Waals surface area (Å²) in [5, 5.41) is 15.4. The van der Waals surface area contributed by atoms with Gasteiger partial charge in [0.1, 0.15) is 6.54 Å². The summed E-state index contributed by atoms with van der Waals surface area (Å²) in [6, 6.07) is 10.1. The summed E-state index contributed by atoms with van der Waals surface area (Å²) in [7, 11) is 1.98. The van der Waals surface area contributed by atoms with Crippen molar-refractivity contribution in [1.82, 2.24) is 15.5 Å². The van der Waals surface area contributed by atoms with E-state index in [4.69, 9.17) is 5.11 Å². The SMILES string of the molecule is CNC1(c2ccccc2)CCC2(CC1)CN(CC(=O)O)C(=O)N2. The lowest BCUT2D eigenvalue weighted by Gasteiger charge is -2.45. The van der Waals surface area contributed by atoms with Crippen molar-refractivity contribution in [2.45, 2.75) is 36.8 Å². The van der Waals surface area contributed by atoms with Gasteiger partial charge >= 0.3 is 12.0 Å². The lowest BCUT2D eigenvalue weighted by atomic mass is 9.69. The van der Waals surface area contributed by atoms with Crippen LogP contribution in [0.15, 0.2) is 30.3 Å². The predicted octanol–water partition coefficient (Wildman–Crippen LogP) is 1.52. The van der Waals surface area contributed by atoms with E-state index in [2.05, 4.69) is 22.8 Å². The molecule has 1 saturated heterocycles. The summed E-state index contributed by atoms with van der Waals surface area (Å²) in [6.07, 6.45) is 3.50. The van der Waals surface area contributed by atoms with Crippen LogP contribution in [0.25, 0.3) is 0 Å². The van der Waals surface area contributed by atoms with Gasteiger partial charge in [0, 0.05) is 12.1 Å². The maximum absolute atomic E-state index is 12.0. The molecule has 23 heavy (non-hydrogen) atoms. The minimum atomic E-state index is -0.970. The van der Waals surface area contributed by atoms with E-state index >= 15 is 0 Å². The van der Waals surface area contributed by atoms with E-state index in [0.717, 1.165) is 25.7 Å². The molecule has 3 rings (SSSR count). The minimum Gasteiger partial charge on any atom is -0.480 e. The minimum absolute atomic E-state index is 0.0720. The quantitative estimate of drug-likeness (QED) is 0.786. The van der Waals surface area contributed by atoms with Crippen LogP contribution < -0.4 is 10.6 Å². The molecule has 124 valence electrons. The van der Waals surface area contributed by atoms with E-state index in [1.807, 2.05) is 25.2 Å². The van der Waals surface area contributed by atoms with Crippen LogP contribution >= 0.6 is 0 Å². The molecule has 6 heteroatoms. The molecule has 0 aromatic heterocycles. The molecule has 6 nitrogen and oxygen atoms in total. The van der Waals surface area contributed by atoms with Gasteiger partial charge in [0.2, 0.25) is 0 Å². The number of carbonyl (C=O) groups is 2. The molecule has 1 aromatic carbocycles. The first-order valence-electron chi connectivity index (χ1n) is 8.02. The maximum Gasteiger partial charge on any atom is 0.323 e. The van der Waals surface area contributed by atoms with Crippen molar-refractivity contribution >= 4 is 12.0 Å². The van der Waals surface area contributed by atoms with Crippen molar-refractivity contribution in [3.05, 3.63) is 35.9 Å². The smallest absolute Gasteiger partial charge is 0.323 e. The van der Waals surface area contributed by atoms with Gasteiger partial charge in [0.15, 0.2) is 0 Å². The standard InChI is InChI=1S/C17H23N3O3/c1-18-17(13-5-3-2-4-6-13)9-7-16(8-10-17)12-20(11-14(21)22)15(23)19-16/h2-6,18H,7-12H2,1H3,(H,19,23)(H,21,22). The van der Waals surface area contributed by atoms with Gasteiger partial charge in [-0.15, -0.1) is 0 Å². The Hall–Kier alpha value is -2.08. The number of rotatable bonds is 4. The van der Waals surface area contributed by atoms with E-state index < -0.39 is 5.97 Å². The topological polar surface area (TPSA) is 81.7 Å². The number of urea groups is 1. The highest BCUT2D eigenvalue weighted by Crippen LogP contribution is 2.42. The van der Waals surface area contributed by atoms with Crippen LogP contribution in [0.3, 0.4) is 0 Å². The third kappa shape index (κ3) is 2.91. The molecule has 1 heterocycles. The van der Waals surface area contributed by atoms with Crippen molar-refractivity contribution in [2.75, 3.05) is 20.1 Å². The number of carbonyl (C=O) groups excluding carboxylic acids is 1. The number of carboxylic acid groups (broad SMARTS) is 1. The van der Waals surface area contributed by atoms with Crippen LogP contribution in [-0.2, 0) is 10.3 Å². The van der Waals surface area contributed by atoms with Gasteiger partial charge in [0.05, 0.1) is 5.54 Å². The summed E-state index contributed by atoms with van der Waals surface area (Å²) < 4.78 is 0. The fraction of sp³-hybridized carbons (Fsp3) is 0.529. The van der Waals surface area contributed by atoms with E-state index in [9.17, 15) is 9.59 Å². The number of hydrogen-bond acceptors (Lipinski definition) is 3. The Labute approximate surface area is 135 Å². The third-order valence-corrected chi connectivity index (χ3v) is 5.34. The summed E-state index contributed by atoms with van der Waals surface area (Å²) in [5.74, 6) is -0.970. The molecule has 1 saturated carbocycles. The second-order valence-electron chi connectivity index (χ2n) is 6.66. The normalized spacial score (nSPS) is 30.5. The van der Waals surface area contributed by atoms with Gasteiger partial charge in [-0.25, -0.2) is 4.79 Å². The van der Waals surface area contributed by atoms with Gasteiger partial charge in [-0.3, -0.25) is 4.79 Å². The molecule has 3 N–H and O–H groups in total. The first-order valence-corrected chi connectivity index (χ1v) is 8.02. The largest absolute Gasteiger partial charge is 0.480 e. The molecule has 1 aromatic rings. The highest BCUT2D eigenvalue weighted by molar-refractivity contribution is 5.82. The van der Waals surface area contributed by atoms with Crippen molar-refractivity contribution in [3.8, 4) is 0 Å². The molecule has 0 radical (unpaired) electrons. The Morgan fingerprint density at radius 3 is 2.48 bits per heavy atom. The fourth-order valence-corrected chi connectivity index (χ4v) is 3.95. The molecule has 1 aliphatic heterocycles. The summed E-state index contributed by atoms with van der Waals surface area (Å²) in [6.45, 7) is 0.246. The van der Waals surface area contributed by atoms with Crippen molar-refractivity contribution in [2.24, 2.45) is 0 Å². The van der Waals surface area contributed by atoms with Crippen molar-refractivity contribution in [3.63, 3.8) is 0 Å². The Bertz CT molecular complexity index is 594. The Morgan fingerprint density at radius 2 is 1.91 bits per heavy atom. The van der Waals surface area contributed by atoms with Crippen LogP contribution in [0.1, 0.15) is 31.2 Å². The van der Waals surface area contributed by atoms with Crippen molar-refractivity contribution in [1.29, 1.82) is 0 Å². The van der Waals surface area contributed by atoms with E-state index in [-0.39, 0.29) is 23.7 Å². The fourth-order valence-electron chi connectivity index (χ4n) is 3.95. The number of amides is 2. The Morgan fingerprint density at radius 1 is 1.26 bits per heavy atom. The second-order valence-corrected chi connectivity index (χ2v) is 6.66. The zero-order valence-electron chi connectivity index (χ0n) is 13.3. The molecular formula is C17H23N3O3. The summed E-state index contributed by atoms with van der Waals surface area (Å²) in [4.78, 5) is 24.3. The first-order chi connectivity index (χ1) is 11.0. The third-order valence-electron chi connectivity index (χ3n) is 5.34. The predicted molar refractivity (Wildman–Crippen MR) is 86.1 cm³/mol. The van der Waals surface area contributed by atoms with Crippen LogP contribution in [-0.4, -0.2) is 47.7 Å². The zero-order chi connectivity index (χ0) is 16.5. The van der Waals surface area contributed by atoms with Gasteiger partial charge in [-0.2, -0.15) is 0 Å². The number of aliphatic carboxylic acids is 1. The lowest BCUT2D eigenvalue weighted by Crippen LogP contribution is -2.53. The van der Waals surface area contributed by atoms with Gasteiger partial charge < -0.3 is 20.6 Å². The molecule has 1 spiro atoms. The molecule has 2 amide bonds. The average molecular weight is 317 g/mol. The Kier molecular flexibility index (Phi) is 4.02. The number of hydrogen-bond donors (Lipinski definition) is 3. The number of carboxylic acids is 1. The lowest BCUT2D eigenvalue weighted by molar-refractivity contribution is -0.137. The van der Waals surface area contributed by atoms with Crippen LogP contribution in [0.2, 0.25) is 0 Å². The van der Waals surface area contributed by atoms with Gasteiger partial charge in [-0.05, 0) is 38.3 Å². The number of benzene rings is 1. The summed E-state index contributed by atoms with van der Waals surface area (Å²) >= 11 is 0. The molecule has 2 fully saturated rings. The van der Waals surface area contributed by atoms with Crippen LogP contribution in [0.5, 0.6) is 0 Å². The number of nitrogens with one attached hydrogen (secondary N) is 2. The summed E-state index contributed by atoms with van der Waals surface area (Å²) in [5.41, 5.74) is 0.906. The highest BCUT2D eigenvalue weighted by Gasteiger charge is 2.48.